The lowest BCUT2D eigenvalue weighted by Crippen LogP contribution is -2.23. The highest BCUT2D eigenvalue weighted by Crippen LogP contribution is 2.09. The summed E-state index contributed by atoms with van der Waals surface area (Å²) in [6.45, 7) is 5.07. The number of rotatable bonds is 3. The zero-order valence-electron chi connectivity index (χ0n) is 9.13. The van der Waals surface area contributed by atoms with Gasteiger partial charge in [0, 0.05) is 25.4 Å². The van der Waals surface area contributed by atoms with Crippen molar-refractivity contribution in [2.45, 2.75) is 32.7 Å². The van der Waals surface area contributed by atoms with Crippen molar-refractivity contribution in [2.75, 3.05) is 13.1 Å². The second-order valence-electron chi connectivity index (χ2n) is 3.75. The second-order valence-corrected chi connectivity index (χ2v) is 3.75. The van der Waals surface area contributed by atoms with Crippen molar-refractivity contribution in [3.8, 4) is 0 Å². The van der Waals surface area contributed by atoms with Gasteiger partial charge in [-0.05, 0) is 31.4 Å². The van der Waals surface area contributed by atoms with Gasteiger partial charge in [0.2, 0.25) is 0 Å². The van der Waals surface area contributed by atoms with Crippen molar-refractivity contribution in [2.24, 2.45) is 0 Å². The quantitative estimate of drug-likeness (QED) is 0.746. The van der Waals surface area contributed by atoms with Crippen molar-refractivity contribution in [3.63, 3.8) is 0 Å². The lowest BCUT2D eigenvalue weighted by Gasteiger charge is -2.24. The van der Waals surface area contributed by atoms with E-state index in [-0.39, 0.29) is 0 Å². The fraction of sp³-hybridized carbons (Fsp3) is 0.700. The summed E-state index contributed by atoms with van der Waals surface area (Å²) in [6.07, 6.45) is 7.95. The molecule has 15 heavy (non-hydrogen) atoms. The van der Waals surface area contributed by atoms with Crippen molar-refractivity contribution in [1.29, 1.82) is 0 Å². The van der Waals surface area contributed by atoms with Crippen LogP contribution in [-0.4, -0.2) is 38.2 Å². The number of nitrogens with zero attached hydrogens (tertiary/aromatic N) is 5. The SMILES string of the molecule is CCn1nnc(C=CN2CCCCC2)n1. The van der Waals surface area contributed by atoms with Crippen LogP contribution >= 0.6 is 0 Å². The Morgan fingerprint density at radius 3 is 2.73 bits per heavy atom. The van der Waals surface area contributed by atoms with Crippen LogP contribution in [0.15, 0.2) is 6.20 Å². The van der Waals surface area contributed by atoms with E-state index in [0.29, 0.717) is 5.82 Å². The topological polar surface area (TPSA) is 46.8 Å². The number of hydrogen-bond donors (Lipinski definition) is 0. The molecule has 1 aliphatic heterocycles. The fourth-order valence-corrected chi connectivity index (χ4v) is 1.70. The van der Waals surface area contributed by atoms with Crippen molar-refractivity contribution >= 4 is 6.08 Å². The van der Waals surface area contributed by atoms with Gasteiger partial charge in [-0.2, -0.15) is 4.80 Å². The zero-order valence-corrected chi connectivity index (χ0v) is 9.13. The fourth-order valence-electron chi connectivity index (χ4n) is 1.70. The largest absolute Gasteiger partial charge is 0.377 e. The van der Waals surface area contributed by atoms with Gasteiger partial charge in [0.05, 0.1) is 6.54 Å². The minimum absolute atomic E-state index is 0.697. The van der Waals surface area contributed by atoms with Gasteiger partial charge in [0.1, 0.15) is 0 Å². The highest BCUT2D eigenvalue weighted by atomic mass is 15.6. The number of piperidine rings is 1. The molecule has 2 rings (SSSR count). The molecule has 0 unspecified atom stereocenters. The molecule has 0 amide bonds. The lowest BCUT2D eigenvalue weighted by molar-refractivity contribution is 0.311. The van der Waals surface area contributed by atoms with E-state index in [4.69, 9.17) is 0 Å². The summed E-state index contributed by atoms with van der Waals surface area (Å²) in [4.78, 5) is 3.91. The molecule has 2 heterocycles. The van der Waals surface area contributed by atoms with Crippen LogP contribution in [0.2, 0.25) is 0 Å². The van der Waals surface area contributed by atoms with E-state index >= 15 is 0 Å². The first-order valence-corrected chi connectivity index (χ1v) is 5.58. The van der Waals surface area contributed by atoms with E-state index in [2.05, 4.69) is 26.5 Å². The van der Waals surface area contributed by atoms with Crippen LogP contribution < -0.4 is 0 Å². The van der Waals surface area contributed by atoms with Gasteiger partial charge in [-0.25, -0.2) is 0 Å². The van der Waals surface area contributed by atoms with E-state index in [0.717, 1.165) is 19.6 Å². The first-order chi connectivity index (χ1) is 7.38. The standard InChI is InChI=1S/C10H17N5/c1-2-15-12-10(11-13-15)6-9-14-7-4-3-5-8-14/h6,9H,2-5,7-8H2,1H3. The third-order valence-corrected chi connectivity index (χ3v) is 2.58. The summed E-state index contributed by atoms with van der Waals surface area (Å²) < 4.78 is 0. The maximum Gasteiger partial charge on any atom is 0.199 e. The summed E-state index contributed by atoms with van der Waals surface area (Å²) in [5, 5.41) is 12.0. The van der Waals surface area contributed by atoms with Crippen LogP contribution in [0.25, 0.3) is 6.08 Å². The first kappa shape index (κ1) is 10.1. The number of hydrogen-bond acceptors (Lipinski definition) is 4. The monoisotopic (exact) mass is 207 g/mol. The molecule has 82 valence electrons. The smallest absolute Gasteiger partial charge is 0.199 e. The Kier molecular flexibility index (Phi) is 3.32. The van der Waals surface area contributed by atoms with E-state index in [1.165, 1.54) is 19.3 Å². The summed E-state index contributed by atoms with van der Waals surface area (Å²) >= 11 is 0. The Morgan fingerprint density at radius 1 is 1.27 bits per heavy atom. The molecule has 0 spiro atoms. The first-order valence-electron chi connectivity index (χ1n) is 5.58. The lowest BCUT2D eigenvalue weighted by atomic mass is 10.1. The van der Waals surface area contributed by atoms with Gasteiger partial charge >= 0.3 is 0 Å². The van der Waals surface area contributed by atoms with Crippen molar-refractivity contribution < 1.29 is 0 Å². The van der Waals surface area contributed by atoms with Crippen LogP contribution in [-0.2, 0) is 6.54 Å². The molecule has 0 radical (unpaired) electrons. The molecule has 0 saturated carbocycles. The molecular weight excluding hydrogens is 190 g/mol. The molecule has 1 saturated heterocycles. The average Bonchev–Trinajstić information content (AvgIpc) is 2.76. The Morgan fingerprint density at radius 2 is 2.07 bits per heavy atom. The summed E-state index contributed by atoms with van der Waals surface area (Å²) in [7, 11) is 0. The van der Waals surface area contributed by atoms with Crippen LogP contribution in [0.3, 0.4) is 0 Å². The van der Waals surface area contributed by atoms with E-state index in [9.17, 15) is 0 Å². The van der Waals surface area contributed by atoms with Crippen LogP contribution in [0.4, 0.5) is 0 Å². The zero-order chi connectivity index (χ0) is 10.5. The maximum absolute atomic E-state index is 4.19. The van der Waals surface area contributed by atoms with Crippen LogP contribution in [0.1, 0.15) is 32.0 Å². The Balaban J connectivity index is 1.91. The molecule has 0 atom stereocenters. The Hall–Kier alpha value is -1.39. The number of aromatic nitrogens is 4. The molecule has 0 aliphatic carbocycles. The summed E-state index contributed by atoms with van der Waals surface area (Å²) in [6, 6.07) is 0. The predicted octanol–water partition coefficient (Wildman–Crippen LogP) is 1.15. The van der Waals surface area contributed by atoms with Crippen LogP contribution in [0.5, 0.6) is 0 Å². The molecule has 1 aromatic rings. The molecule has 1 aromatic heterocycles. The van der Waals surface area contributed by atoms with Crippen molar-refractivity contribution in [3.05, 3.63) is 12.0 Å². The van der Waals surface area contributed by atoms with Gasteiger partial charge in [0.25, 0.3) is 0 Å². The molecule has 1 aliphatic rings. The number of likely N-dealkylation sites (tertiary alicyclic amines) is 1. The molecule has 1 fully saturated rings. The third kappa shape index (κ3) is 2.78. The molecule has 0 bridgehead atoms. The maximum atomic E-state index is 4.19. The van der Waals surface area contributed by atoms with Gasteiger partial charge in [-0.15, -0.1) is 10.2 Å². The second kappa shape index (κ2) is 4.91. The number of tetrazole rings is 1. The Labute approximate surface area is 89.8 Å². The summed E-state index contributed by atoms with van der Waals surface area (Å²) in [5.41, 5.74) is 0. The van der Waals surface area contributed by atoms with Gasteiger partial charge in [-0.1, -0.05) is 0 Å². The molecule has 0 N–H and O–H groups in total. The van der Waals surface area contributed by atoms with E-state index in [1.807, 2.05) is 13.0 Å². The number of aryl methyl sites for hydroxylation is 1. The molecule has 0 aromatic carbocycles. The van der Waals surface area contributed by atoms with Gasteiger partial charge in [-0.3, -0.25) is 0 Å². The van der Waals surface area contributed by atoms with Gasteiger partial charge < -0.3 is 4.90 Å². The predicted molar refractivity (Wildman–Crippen MR) is 57.9 cm³/mol. The molecule has 5 heteroatoms. The minimum atomic E-state index is 0.697. The highest BCUT2D eigenvalue weighted by Gasteiger charge is 2.05. The highest BCUT2D eigenvalue weighted by molar-refractivity contribution is 5.37. The van der Waals surface area contributed by atoms with Crippen LogP contribution in [0, 0.1) is 0 Å². The average molecular weight is 207 g/mol. The molecular formula is C10H17N5. The third-order valence-electron chi connectivity index (χ3n) is 2.58. The van der Waals surface area contributed by atoms with E-state index in [1.54, 1.807) is 4.80 Å². The van der Waals surface area contributed by atoms with Gasteiger partial charge in [0.15, 0.2) is 5.82 Å². The Bertz CT molecular complexity index is 324. The normalized spacial score (nSPS) is 17.5. The van der Waals surface area contributed by atoms with Crippen molar-refractivity contribution in [1.82, 2.24) is 25.1 Å². The summed E-state index contributed by atoms with van der Waals surface area (Å²) in [5.74, 6) is 0.697. The minimum Gasteiger partial charge on any atom is -0.377 e. The van der Waals surface area contributed by atoms with E-state index < -0.39 is 0 Å². The molecule has 5 nitrogen and oxygen atoms in total.